The van der Waals surface area contributed by atoms with E-state index < -0.39 is 5.24 Å². The minimum absolute atomic E-state index is 0.301. The maximum atomic E-state index is 12.1. The van der Waals surface area contributed by atoms with Crippen LogP contribution in [0.5, 0.6) is 0 Å². The Kier molecular flexibility index (Phi) is 5.18. The van der Waals surface area contributed by atoms with Gasteiger partial charge in [0.2, 0.25) is 0 Å². The molecule has 0 bridgehead atoms. The van der Waals surface area contributed by atoms with Crippen molar-refractivity contribution in [1.29, 1.82) is 0 Å². The smallest absolute Gasteiger partial charge is 0.252 e. The van der Waals surface area contributed by atoms with Gasteiger partial charge in [0, 0.05) is 16.1 Å². The van der Waals surface area contributed by atoms with Crippen molar-refractivity contribution in [2.24, 2.45) is 0 Å². The van der Waals surface area contributed by atoms with Crippen molar-refractivity contribution in [3.8, 4) is 0 Å². The molecule has 2 rings (SSSR count). The largest absolute Gasteiger partial charge is 0.289 e. The molecular formula is C16H9Cl3O2. The van der Waals surface area contributed by atoms with Crippen molar-refractivity contribution in [3.63, 3.8) is 0 Å². The number of rotatable bonds is 4. The normalized spacial score (nSPS) is 10.8. The van der Waals surface area contributed by atoms with Crippen LogP contribution in [0, 0.1) is 0 Å². The minimum atomic E-state index is -0.580. The zero-order valence-corrected chi connectivity index (χ0v) is 12.9. The zero-order chi connectivity index (χ0) is 15.4. The van der Waals surface area contributed by atoms with Crippen LogP contribution >= 0.6 is 34.8 Å². The van der Waals surface area contributed by atoms with Gasteiger partial charge in [0.05, 0.1) is 5.02 Å². The van der Waals surface area contributed by atoms with Crippen molar-refractivity contribution in [2.45, 2.75) is 0 Å². The monoisotopic (exact) mass is 338 g/mol. The molecule has 2 aromatic carbocycles. The molecule has 0 aliphatic carbocycles. The number of carbonyl (C=O) groups excluding carboxylic acids is 2. The van der Waals surface area contributed by atoms with Crippen LogP contribution in [0.4, 0.5) is 0 Å². The maximum absolute atomic E-state index is 12.1. The van der Waals surface area contributed by atoms with Gasteiger partial charge in [-0.15, -0.1) is 0 Å². The lowest BCUT2D eigenvalue weighted by Gasteiger charge is -2.02. The number of allylic oxidation sites excluding steroid dienone is 1. The molecule has 2 aromatic rings. The van der Waals surface area contributed by atoms with E-state index in [-0.39, 0.29) is 5.78 Å². The summed E-state index contributed by atoms with van der Waals surface area (Å²) in [6, 6.07) is 11.4. The molecule has 0 aliphatic rings. The highest BCUT2D eigenvalue weighted by Gasteiger charge is 2.09. The third-order valence-electron chi connectivity index (χ3n) is 2.78. The Morgan fingerprint density at radius 1 is 0.952 bits per heavy atom. The maximum Gasteiger partial charge on any atom is 0.252 e. The molecule has 0 aliphatic heterocycles. The standard InChI is InChI=1S/C16H9Cl3O2/c17-11-6-7-14(18)13(9-11)15(20)8-5-10-3-1-2-4-12(10)16(19)21/h1-9H. The number of hydrogen-bond acceptors (Lipinski definition) is 2. The number of hydrogen-bond donors (Lipinski definition) is 0. The van der Waals surface area contributed by atoms with Gasteiger partial charge in [0.15, 0.2) is 5.78 Å². The highest BCUT2D eigenvalue weighted by molar-refractivity contribution is 6.68. The summed E-state index contributed by atoms with van der Waals surface area (Å²) < 4.78 is 0. The van der Waals surface area contributed by atoms with E-state index in [1.165, 1.54) is 18.2 Å². The topological polar surface area (TPSA) is 34.1 Å². The molecule has 0 amide bonds. The molecule has 2 nitrogen and oxygen atoms in total. The zero-order valence-electron chi connectivity index (χ0n) is 10.6. The quantitative estimate of drug-likeness (QED) is 0.432. The van der Waals surface area contributed by atoms with Gasteiger partial charge in [0.1, 0.15) is 0 Å². The van der Waals surface area contributed by atoms with Crippen molar-refractivity contribution >= 4 is 51.9 Å². The van der Waals surface area contributed by atoms with E-state index in [0.29, 0.717) is 26.7 Å². The molecule has 0 spiro atoms. The number of halogens is 3. The molecule has 0 saturated heterocycles. The first-order valence-corrected chi connectivity index (χ1v) is 7.09. The van der Waals surface area contributed by atoms with Crippen molar-refractivity contribution in [1.82, 2.24) is 0 Å². The molecule has 106 valence electrons. The average molecular weight is 340 g/mol. The first-order valence-electron chi connectivity index (χ1n) is 5.95. The van der Waals surface area contributed by atoms with E-state index in [0.717, 1.165) is 0 Å². The summed E-state index contributed by atoms with van der Waals surface area (Å²) in [6.07, 6.45) is 2.85. The summed E-state index contributed by atoms with van der Waals surface area (Å²) >= 11 is 17.3. The second kappa shape index (κ2) is 6.90. The second-order valence-electron chi connectivity index (χ2n) is 4.18. The van der Waals surface area contributed by atoms with Crippen molar-refractivity contribution in [3.05, 3.63) is 75.3 Å². The predicted molar refractivity (Wildman–Crippen MR) is 86.5 cm³/mol. The van der Waals surface area contributed by atoms with Crippen LogP contribution < -0.4 is 0 Å². The molecule has 0 N–H and O–H groups in total. The van der Waals surface area contributed by atoms with E-state index >= 15 is 0 Å². The Morgan fingerprint density at radius 3 is 2.38 bits per heavy atom. The van der Waals surface area contributed by atoms with E-state index in [1.54, 1.807) is 36.4 Å². The molecule has 0 heterocycles. The first kappa shape index (κ1) is 15.8. The molecular weight excluding hydrogens is 331 g/mol. The van der Waals surface area contributed by atoms with Crippen LogP contribution in [0.25, 0.3) is 6.08 Å². The van der Waals surface area contributed by atoms with Crippen molar-refractivity contribution in [2.75, 3.05) is 0 Å². The Balaban J connectivity index is 2.31. The number of carbonyl (C=O) groups is 2. The lowest BCUT2D eigenvalue weighted by Crippen LogP contribution is -1.97. The van der Waals surface area contributed by atoms with E-state index in [9.17, 15) is 9.59 Å². The summed E-state index contributed by atoms with van der Waals surface area (Å²) in [5.74, 6) is -0.306. The summed E-state index contributed by atoms with van der Waals surface area (Å²) in [5.41, 5.74) is 1.19. The SMILES string of the molecule is O=C(C=Cc1ccccc1C(=O)Cl)c1cc(Cl)ccc1Cl. The van der Waals surface area contributed by atoms with Gasteiger partial charge < -0.3 is 0 Å². The highest BCUT2D eigenvalue weighted by Crippen LogP contribution is 2.22. The Morgan fingerprint density at radius 2 is 1.67 bits per heavy atom. The van der Waals surface area contributed by atoms with Gasteiger partial charge in [-0.05, 0) is 47.5 Å². The summed E-state index contributed by atoms with van der Waals surface area (Å²) in [5, 5.41) is 0.159. The number of benzene rings is 2. The van der Waals surface area contributed by atoms with E-state index in [4.69, 9.17) is 34.8 Å². The van der Waals surface area contributed by atoms with Crippen LogP contribution in [0.3, 0.4) is 0 Å². The van der Waals surface area contributed by atoms with Crippen LogP contribution in [-0.2, 0) is 0 Å². The fraction of sp³-hybridized carbons (Fsp3) is 0. The Bertz CT molecular complexity index is 736. The van der Waals surface area contributed by atoms with Crippen molar-refractivity contribution < 1.29 is 9.59 Å². The highest BCUT2D eigenvalue weighted by atomic mass is 35.5. The Labute approximate surface area is 136 Å². The van der Waals surface area contributed by atoms with Gasteiger partial charge in [-0.3, -0.25) is 9.59 Å². The summed E-state index contributed by atoms with van der Waals surface area (Å²) in [7, 11) is 0. The van der Waals surface area contributed by atoms with Gasteiger partial charge in [0.25, 0.3) is 5.24 Å². The third-order valence-corrected chi connectivity index (χ3v) is 3.55. The second-order valence-corrected chi connectivity index (χ2v) is 5.37. The van der Waals surface area contributed by atoms with Gasteiger partial charge in [-0.1, -0.05) is 47.5 Å². The predicted octanol–water partition coefficient (Wildman–Crippen LogP) is 5.27. The van der Waals surface area contributed by atoms with Crippen LogP contribution in [0.1, 0.15) is 26.3 Å². The molecule has 0 atom stereocenters. The lowest BCUT2D eigenvalue weighted by molar-refractivity contribution is 0.104. The first-order chi connectivity index (χ1) is 9.99. The van der Waals surface area contributed by atoms with Gasteiger partial charge >= 0.3 is 0 Å². The molecule has 5 heteroatoms. The minimum Gasteiger partial charge on any atom is -0.289 e. The fourth-order valence-corrected chi connectivity index (χ4v) is 2.32. The van der Waals surface area contributed by atoms with Crippen LogP contribution in [-0.4, -0.2) is 11.0 Å². The average Bonchev–Trinajstić information content (AvgIpc) is 2.47. The van der Waals surface area contributed by atoms with Gasteiger partial charge in [-0.25, -0.2) is 0 Å². The number of ketones is 1. The van der Waals surface area contributed by atoms with Crippen LogP contribution in [0.2, 0.25) is 10.0 Å². The molecule has 0 fully saturated rings. The van der Waals surface area contributed by atoms with E-state index in [1.807, 2.05) is 0 Å². The summed E-state index contributed by atoms with van der Waals surface area (Å²) in [4.78, 5) is 23.4. The third kappa shape index (κ3) is 3.94. The fourth-order valence-electron chi connectivity index (χ4n) is 1.76. The van der Waals surface area contributed by atoms with Gasteiger partial charge in [-0.2, -0.15) is 0 Å². The summed E-state index contributed by atoms with van der Waals surface area (Å²) in [6.45, 7) is 0. The molecule has 21 heavy (non-hydrogen) atoms. The lowest BCUT2D eigenvalue weighted by atomic mass is 10.1. The van der Waals surface area contributed by atoms with Crippen LogP contribution in [0.15, 0.2) is 48.5 Å². The Hall–Kier alpha value is -1.61. The molecule has 0 saturated carbocycles. The molecule has 0 aromatic heterocycles. The molecule has 0 radical (unpaired) electrons. The molecule has 0 unspecified atom stereocenters. The van der Waals surface area contributed by atoms with E-state index in [2.05, 4.69) is 0 Å².